The number of aromatic nitrogens is 2. The second-order valence-corrected chi connectivity index (χ2v) is 9.60. The van der Waals surface area contributed by atoms with E-state index in [2.05, 4.69) is 15.2 Å². The molecule has 0 bridgehead atoms. The number of benzene rings is 1. The van der Waals surface area contributed by atoms with Crippen LogP contribution in [0.2, 0.25) is 0 Å². The van der Waals surface area contributed by atoms with Gasteiger partial charge in [-0.15, -0.1) is 0 Å². The number of piperidine rings is 1. The minimum atomic E-state index is 0.0249. The average Bonchev–Trinajstić information content (AvgIpc) is 2.81. The lowest BCUT2D eigenvalue weighted by atomic mass is 10.1. The van der Waals surface area contributed by atoms with Crippen LogP contribution in [0.25, 0.3) is 0 Å². The second-order valence-electron chi connectivity index (χ2n) is 8.54. The van der Waals surface area contributed by atoms with Gasteiger partial charge in [0.15, 0.2) is 5.16 Å². The molecule has 1 aromatic heterocycles. The number of nitrogens with one attached hydrogen (secondary N) is 1. The molecular formula is C25H36N4O2S. The van der Waals surface area contributed by atoms with Crippen LogP contribution in [-0.2, 0) is 18.3 Å². The topological polar surface area (TPSA) is 67.2 Å². The third kappa shape index (κ3) is 7.48. The van der Waals surface area contributed by atoms with Crippen molar-refractivity contribution in [2.24, 2.45) is 7.05 Å². The van der Waals surface area contributed by atoms with E-state index < -0.39 is 0 Å². The van der Waals surface area contributed by atoms with E-state index in [0.717, 1.165) is 66.8 Å². The lowest BCUT2D eigenvalue weighted by molar-refractivity contribution is -0.121. The van der Waals surface area contributed by atoms with Crippen LogP contribution in [0.5, 0.6) is 0 Å². The molecule has 1 N–H and O–H groups in total. The van der Waals surface area contributed by atoms with Crippen LogP contribution in [0.15, 0.2) is 40.3 Å². The zero-order chi connectivity index (χ0) is 22.8. The SMILES string of the molecule is Cc1nc(SCCCCC(=O)NCCN2CCCCC2)n(C)c(=O)c1Cc1ccccc1. The van der Waals surface area contributed by atoms with E-state index in [9.17, 15) is 9.59 Å². The third-order valence-corrected chi connectivity index (χ3v) is 7.12. The monoisotopic (exact) mass is 456 g/mol. The van der Waals surface area contributed by atoms with Crippen LogP contribution in [0.1, 0.15) is 55.3 Å². The zero-order valence-corrected chi connectivity index (χ0v) is 20.3. The van der Waals surface area contributed by atoms with Crippen molar-refractivity contribution >= 4 is 17.7 Å². The number of aryl methyl sites for hydroxylation is 1. The number of carbonyl (C=O) groups excluding carboxylic acids is 1. The van der Waals surface area contributed by atoms with Crippen LogP contribution in [-0.4, -0.2) is 52.3 Å². The normalized spacial score (nSPS) is 14.4. The Kier molecular flexibility index (Phi) is 9.81. The van der Waals surface area contributed by atoms with Gasteiger partial charge in [0.05, 0.1) is 0 Å². The predicted molar refractivity (Wildman–Crippen MR) is 131 cm³/mol. The Bertz CT molecular complexity index is 924. The standard InChI is InChI=1S/C25H36N4O2S/c1-20-22(19-21-11-5-3-6-12-21)24(31)28(2)25(27-20)32-18-10-7-13-23(30)26-14-17-29-15-8-4-9-16-29/h3,5-6,11-12H,4,7-10,13-19H2,1-2H3,(H,26,30). The fourth-order valence-corrected chi connectivity index (χ4v) is 5.05. The Labute approximate surface area is 195 Å². The Hall–Kier alpha value is -2.12. The number of amides is 1. The molecule has 0 unspecified atom stereocenters. The molecule has 32 heavy (non-hydrogen) atoms. The second kappa shape index (κ2) is 12.8. The van der Waals surface area contributed by atoms with Crippen molar-refractivity contribution in [1.29, 1.82) is 0 Å². The van der Waals surface area contributed by atoms with Gasteiger partial charge in [-0.2, -0.15) is 0 Å². The Morgan fingerprint density at radius 3 is 2.62 bits per heavy atom. The Morgan fingerprint density at radius 2 is 1.88 bits per heavy atom. The van der Waals surface area contributed by atoms with Crippen molar-refractivity contribution in [2.75, 3.05) is 31.9 Å². The minimum absolute atomic E-state index is 0.0249. The fraction of sp³-hybridized carbons (Fsp3) is 0.560. The number of rotatable bonds is 11. The van der Waals surface area contributed by atoms with Crippen LogP contribution in [0.3, 0.4) is 0 Å². The van der Waals surface area contributed by atoms with Crippen LogP contribution >= 0.6 is 11.8 Å². The molecular weight excluding hydrogens is 420 g/mol. The molecule has 0 radical (unpaired) electrons. The number of likely N-dealkylation sites (tertiary alicyclic amines) is 1. The number of thioether (sulfide) groups is 1. The van der Waals surface area contributed by atoms with Gasteiger partial charge >= 0.3 is 0 Å². The van der Waals surface area contributed by atoms with Gasteiger partial charge in [-0.05, 0) is 51.3 Å². The molecule has 7 heteroatoms. The number of hydrogen-bond acceptors (Lipinski definition) is 5. The summed E-state index contributed by atoms with van der Waals surface area (Å²) in [4.78, 5) is 32.0. The summed E-state index contributed by atoms with van der Waals surface area (Å²) in [5.41, 5.74) is 2.69. The molecule has 6 nitrogen and oxygen atoms in total. The summed E-state index contributed by atoms with van der Waals surface area (Å²) in [5, 5.41) is 3.79. The average molecular weight is 457 g/mol. The predicted octanol–water partition coefficient (Wildman–Crippen LogP) is 3.54. The first-order valence-corrected chi connectivity index (χ1v) is 12.8. The lowest BCUT2D eigenvalue weighted by Gasteiger charge is -2.26. The zero-order valence-electron chi connectivity index (χ0n) is 19.4. The molecule has 0 saturated carbocycles. The molecule has 1 aliphatic rings. The number of nitrogens with zero attached hydrogens (tertiary/aromatic N) is 3. The quantitative estimate of drug-likeness (QED) is 0.318. The first-order chi connectivity index (χ1) is 15.5. The first-order valence-electron chi connectivity index (χ1n) is 11.8. The van der Waals surface area contributed by atoms with E-state index in [0.29, 0.717) is 12.8 Å². The van der Waals surface area contributed by atoms with Crippen molar-refractivity contribution in [2.45, 2.75) is 57.0 Å². The molecule has 0 aliphatic carbocycles. The fourth-order valence-electron chi connectivity index (χ4n) is 4.04. The molecule has 1 saturated heterocycles. The van der Waals surface area contributed by atoms with Gasteiger partial charge in [0.25, 0.3) is 5.56 Å². The summed E-state index contributed by atoms with van der Waals surface area (Å²) in [6.45, 7) is 5.94. The molecule has 2 heterocycles. The molecule has 0 atom stereocenters. The molecule has 174 valence electrons. The lowest BCUT2D eigenvalue weighted by Crippen LogP contribution is -2.37. The largest absolute Gasteiger partial charge is 0.355 e. The number of hydrogen-bond donors (Lipinski definition) is 1. The molecule has 2 aromatic rings. The van der Waals surface area contributed by atoms with Gasteiger partial charge in [-0.1, -0.05) is 48.5 Å². The highest BCUT2D eigenvalue weighted by molar-refractivity contribution is 7.99. The molecule has 1 aromatic carbocycles. The van der Waals surface area contributed by atoms with Crippen LogP contribution < -0.4 is 10.9 Å². The van der Waals surface area contributed by atoms with Gasteiger partial charge in [0.2, 0.25) is 5.91 Å². The minimum Gasteiger partial charge on any atom is -0.355 e. The third-order valence-electron chi connectivity index (χ3n) is 6.00. The first kappa shape index (κ1) is 24.5. The Balaban J connectivity index is 1.38. The molecule has 0 spiro atoms. The molecule has 1 fully saturated rings. The summed E-state index contributed by atoms with van der Waals surface area (Å²) in [5.74, 6) is 0.984. The van der Waals surface area contributed by atoms with Crippen molar-refractivity contribution in [3.05, 3.63) is 57.5 Å². The van der Waals surface area contributed by atoms with Crippen molar-refractivity contribution < 1.29 is 4.79 Å². The highest BCUT2D eigenvalue weighted by Crippen LogP contribution is 2.18. The van der Waals surface area contributed by atoms with Crippen LogP contribution in [0, 0.1) is 6.92 Å². The van der Waals surface area contributed by atoms with E-state index in [4.69, 9.17) is 0 Å². The summed E-state index contributed by atoms with van der Waals surface area (Å²) in [6, 6.07) is 10.0. The maximum Gasteiger partial charge on any atom is 0.257 e. The highest BCUT2D eigenvalue weighted by atomic mass is 32.2. The highest BCUT2D eigenvalue weighted by Gasteiger charge is 2.13. The van der Waals surface area contributed by atoms with E-state index in [1.807, 2.05) is 37.3 Å². The van der Waals surface area contributed by atoms with E-state index in [1.54, 1.807) is 23.4 Å². The summed E-state index contributed by atoms with van der Waals surface area (Å²) < 4.78 is 1.66. The van der Waals surface area contributed by atoms with Gasteiger partial charge in [0.1, 0.15) is 0 Å². The molecule has 1 amide bonds. The molecule has 1 aliphatic heterocycles. The van der Waals surface area contributed by atoms with Crippen molar-refractivity contribution in [1.82, 2.24) is 19.8 Å². The van der Waals surface area contributed by atoms with Crippen LogP contribution in [0.4, 0.5) is 0 Å². The summed E-state index contributed by atoms with van der Waals surface area (Å²) in [6.07, 6.45) is 6.82. The summed E-state index contributed by atoms with van der Waals surface area (Å²) >= 11 is 1.59. The van der Waals surface area contributed by atoms with E-state index >= 15 is 0 Å². The van der Waals surface area contributed by atoms with Gasteiger partial charge in [-0.25, -0.2) is 4.98 Å². The van der Waals surface area contributed by atoms with Gasteiger partial charge in [0, 0.05) is 50.0 Å². The maximum absolute atomic E-state index is 12.9. The van der Waals surface area contributed by atoms with Crippen molar-refractivity contribution in [3.63, 3.8) is 0 Å². The number of unbranched alkanes of at least 4 members (excludes halogenated alkanes) is 1. The number of carbonyl (C=O) groups is 1. The smallest absolute Gasteiger partial charge is 0.257 e. The van der Waals surface area contributed by atoms with Crippen molar-refractivity contribution in [3.8, 4) is 0 Å². The molecule has 3 rings (SSSR count). The van der Waals surface area contributed by atoms with Gasteiger partial charge < -0.3 is 10.2 Å². The van der Waals surface area contributed by atoms with E-state index in [1.165, 1.54) is 19.3 Å². The van der Waals surface area contributed by atoms with Gasteiger partial charge in [-0.3, -0.25) is 14.2 Å². The maximum atomic E-state index is 12.9. The Morgan fingerprint density at radius 1 is 1.12 bits per heavy atom. The summed E-state index contributed by atoms with van der Waals surface area (Å²) in [7, 11) is 1.79. The van der Waals surface area contributed by atoms with E-state index in [-0.39, 0.29) is 11.5 Å².